The van der Waals surface area contributed by atoms with Crippen molar-refractivity contribution in [3.63, 3.8) is 0 Å². The molecular weight excluding hydrogens is 206 g/mol. The van der Waals surface area contributed by atoms with Gasteiger partial charge in [0, 0.05) is 17.7 Å². The Morgan fingerprint density at radius 2 is 2.00 bits per heavy atom. The molecule has 3 heteroatoms. The summed E-state index contributed by atoms with van der Waals surface area (Å²) in [6, 6.07) is 0. The van der Waals surface area contributed by atoms with Gasteiger partial charge in [0.25, 0.3) is 0 Å². The van der Waals surface area contributed by atoms with Gasteiger partial charge in [0.05, 0.1) is 5.25 Å². The van der Waals surface area contributed by atoms with Crippen LogP contribution in [-0.2, 0) is 4.79 Å². The van der Waals surface area contributed by atoms with Crippen LogP contribution in [0.1, 0.15) is 41.0 Å². The lowest BCUT2D eigenvalue weighted by molar-refractivity contribution is -0.130. The number of amides is 1. The van der Waals surface area contributed by atoms with E-state index in [1.807, 2.05) is 16.7 Å². The normalized spacial score (nSPS) is 23.1. The number of hydrogen-bond acceptors (Lipinski definition) is 2. The van der Waals surface area contributed by atoms with E-state index >= 15 is 0 Å². The van der Waals surface area contributed by atoms with Gasteiger partial charge in [-0.25, -0.2) is 0 Å². The van der Waals surface area contributed by atoms with Crippen molar-refractivity contribution in [2.45, 2.75) is 57.1 Å². The molecule has 2 nitrogen and oxygen atoms in total. The van der Waals surface area contributed by atoms with Crippen LogP contribution in [0.25, 0.3) is 0 Å². The molecule has 0 aromatic carbocycles. The average Bonchev–Trinajstić information content (AvgIpc) is 2.23. The van der Waals surface area contributed by atoms with Gasteiger partial charge in [0.1, 0.15) is 0 Å². The monoisotopic (exact) mass is 227 g/mol. The molecule has 1 aliphatic rings. The number of carbonyl (C=O) groups excluding carboxylic acids is 1. The molecule has 1 atom stereocenters. The van der Waals surface area contributed by atoms with Gasteiger partial charge in [-0.1, -0.05) is 20.4 Å². The van der Waals surface area contributed by atoms with Crippen LogP contribution in [0.15, 0.2) is 12.3 Å². The maximum atomic E-state index is 11.9. The zero-order valence-electron chi connectivity index (χ0n) is 10.3. The van der Waals surface area contributed by atoms with Gasteiger partial charge >= 0.3 is 0 Å². The Morgan fingerprint density at radius 1 is 1.47 bits per heavy atom. The summed E-state index contributed by atoms with van der Waals surface area (Å²) in [7, 11) is 0. The highest BCUT2D eigenvalue weighted by molar-refractivity contribution is 8.00. The summed E-state index contributed by atoms with van der Waals surface area (Å²) in [5, 5.41) is 0.816. The predicted molar refractivity (Wildman–Crippen MR) is 66.9 cm³/mol. The maximum absolute atomic E-state index is 11.9. The molecular formula is C12H21NOS. The van der Waals surface area contributed by atoms with Crippen LogP contribution in [-0.4, -0.2) is 26.8 Å². The van der Waals surface area contributed by atoms with E-state index in [-0.39, 0.29) is 16.7 Å². The number of hydrogen-bond donors (Lipinski definition) is 0. The van der Waals surface area contributed by atoms with Crippen molar-refractivity contribution in [2.24, 2.45) is 0 Å². The highest BCUT2D eigenvalue weighted by Gasteiger charge is 2.39. The third kappa shape index (κ3) is 2.77. The van der Waals surface area contributed by atoms with Gasteiger partial charge in [0.15, 0.2) is 0 Å². The van der Waals surface area contributed by atoms with Crippen molar-refractivity contribution in [1.29, 1.82) is 0 Å². The molecule has 86 valence electrons. The van der Waals surface area contributed by atoms with Crippen LogP contribution in [0, 0.1) is 0 Å². The molecule has 1 heterocycles. The topological polar surface area (TPSA) is 20.3 Å². The lowest BCUT2D eigenvalue weighted by Gasteiger charge is -2.33. The van der Waals surface area contributed by atoms with Crippen LogP contribution < -0.4 is 0 Å². The lowest BCUT2D eigenvalue weighted by Crippen LogP contribution is -2.41. The molecule has 0 aromatic heterocycles. The highest BCUT2D eigenvalue weighted by atomic mass is 32.2. The minimum Gasteiger partial charge on any atom is -0.310 e. The summed E-state index contributed by atoms with van der Waals surface area (Å²) in [5.41, 5.74) is 0.840. The van der Waals surface area contributed by atoms with Gasteiger partial charge in [0.2, 0.25) is 5.91 Å². The molecule has 1 saturated heterocycles. The first-order chi connectivity index (χ1) is 6.73. The van der Waals surface area contributed by atoms with Gasteiger partial charge in [-0.05, 0) is 26.0 Å². The first kappa shape index (κ1) is 12.6. The first-order valence-corrected chi connectivity index (χ1v) is 6.35. The first-order valence-electron chi connectivity index (χ1n) is 5.41. The Hall–Kier alpha value is -0.440. The summed E-state index contributed by atoms with van der Waals surface area (Å²) >= 11 is 1.83. The number of likely N-dealkylation sites (tertiary alicyclic amines) is 1. The van der Waals surface area contributed by atoms with E-state index in [4.69, 9.17) is 0 Å². The molecule has 1 rings (SSSR count). The molecule has 0 radical (unpaired) electrons. The van der Waals surface area contributed by atoms with Crippen molar-refractivity contribution in [1.82, 2.24) is 4.90 Å². The van der Waals surface area contributed by atoms with E-state index in [2.05, 4.69) is 41.2 Å². The lowest BCUT2D eigenvalue weighted by atomic mass is 10.1. The fourth-order valence-corrected chi connectivity index (χ4v) is 3.09. The summed E-state index contributed by atoms with van der Waals surface area (Å²) in [6.07, 6.45) is 0.610. The van der Waals surface area contributed by atoms with E-state index in [0.29, 0.717) is 11.7 Å². The predicted octanol–water partition coefficient (Wildman–Crippen LogP) is 3.04. The smallest absolute Gasteiger partial charge is 0.228 e. The average molecular weight is 227 g/mol. The second-order valence-corrected chi connectivity index (χ2v) is 7.05. The van der Waals surface area contributed by atoms with Gasteiger partial charge in [-0.2, -0.15) is 0 Å². The number of rotatable bonds is 2. The Kier molecular flexibility index (Phi) is 3.54. The Balaban J connectivity index is 2.80. The fourth-order valence-electron chi connectivity index (χ4n) is 1.93. The standard InChI is InChI=1S/C12H21NOS/c1-8(2)15-10-7-11(14)13(9(10)3)12(4,5)6/h8,10H,3,7H2,1-2,4-6H3. The Labute approximate surface area is 97.1 Å². The highest BCUT2D eigenvalue weighted by Crippen LogP contribution is 2.37. The fraction of sp³-hybridized carbons (Fsp3) is 0.750. The molecule has 0 N–H and O–H groups in total. The third-order valence-electron chi connectivity index (χ3n) is 2.38. The zero-order chi connectivity index (χ0) is 11.8. The number of thioether (sulfide) groups is 1. The molecule has 1 aliphatic heterocycles. The minimum absolute atomic E-state index is 0.138. The second kappa shape index (κ2) is 4.20. The van der Waals surface area contributed by atoms with Crippen molar-refractivity contribution < 1.29 is 4.79 Å². The summed E-state index contributed by atoms with van der Waals surface area (Å²) in [6.45, 7) is 14.5. The molecule has 1 unspecified atom stereocenters. The van der Waals surface area contributed by atoms with E-state index in [1.54, 1.807) is 0 Å². The number of nitrogens with zero attached hydrogens (tertiary/aromatic N) is 1. The SMILES string of the molecule is C=C1C(SC(C)C)CC(=O)N1C(C)(C)C. The molecule has 0 aromatic rings. The van der Waals surface area contributed by atoms with Crippen LogP contribution in [0.3, 0.4) is 0 Å². The summed E-state index contributed by atoms with van der Waals surface area (Å²) in [5.74, 6) is 0.214. The summed E-state index contributed by atoms with van der Waals surface area (Å²) < 4.78 is 0. The minimum atomic E-state index is -0.138. The molecule has 0 bridgehead atoms. The van der Waals surface area contributed by atoms with E-state index in [0.717, 1.165) is 5.70 Å². The van der Waals surface area contributed by atoms with Crippen LogP contribution in [0.5, 0.6) is 0 Å². The van der Waals surface area contributed by atoms with Gasteiger partial charge < -0.3 is 4.90 Å². The van der Waals surface area contributed by atoms with E-state index in [1.165, 1.54) is 0 Å². The Bertz CT molecular complexity index is 278. The van der Waals surface area contributed by atoms with Gasteiger partial charge in [-0.3, -0.25) is 4.79 Å². The molecule has 0 saturated carbocycles. The van der Waals surface area contributed by atoms with Crippen LogP contribution in [0.2, 0.25) is 0 Å². The molecule has 0 spiro atoms. The zero-order valence-corrected chi connectivity index (χ0v) is 11.1. The second-order valence-electron chi connectivity index (χ2n) is 5.27. The van der Waals surface area contributed by atoms with Crippen molar-refractivity contribution in [3.8, 4) is 0 Å². The molecule has 1 amide bonds. The summed E-state index contributed by atoms with van der Waals surface area (Å²) in [4.78, 5) is 13.7. The largest absolute Gasteiger partial charge is 0.310 e. The maximum Gasteiger partial charge on any atom is 0.228 e. The molecule has 0 aliphatic carbocycles. The third-order valence-corrected chi connectivity index (χ3v) is 3.69. The van der Waals surface area contributed by atoms with E-state index < -0.39 is 0 Å². The quantitative estimate of drug-likeness (QED) is 0.722. The molecule has 15 heavy (non-hydrogen) atoms. The van der Waals surface area contributed by atoms with Crippen molar-refractivity contribution in [2.75, 3.05) is 0 Å². The van der Waals surface area contributed by atoms with Crippen LogP contribution in [0.4, 0.5) is 0 Å². The Morgan fingerprint density at radius 3 is 2.33 bits per heavy atom. The van der Waals surface area contributed by atoms with Crippen molar-refractivity contribution in [3.05, 3.63) is 12.3 Å². The van der Waals surface area contributed by atoms with Crippen molar-refractivity contribution >= 4 is 17.7 Å². The number of carbonyl (C=O) groups is 1. The molecule has 1 fully saturated rings. The van der Waals surface area contributed by atoms with E-state index in [9.17, 15) is 4.79 Å². The van der Waals surface area contributed by atoms with Gasteiger partial charge in [-0.15, -0.1) is 11.8 Å². The van der Waals surface area contributed by atoms with Crippen LogP contribution >= 0.6 is 11.8 Å².